The summed E-state index contributed by atoms with van der Waals surface area (Å²) >= 11 is 1.74. The van der Waals surface area contributed by atoms with Crippen LogP contribution in [0.25, 0.3) is 0 Å². The highest BCUT2D eigenvalue weighted by Gasteiger charge is 2.35. The Balaban J connectivity index is 0.00000312. The number of nitrogens with one attached hydrogen (secondary N) is 2. The van der Waals surface area contributed by atoms with Crippen molar-refractivity contribution in [3.8, 4) is 0 Å². The molecule has 2 N–H and O–H groups in total. The lowest BCUT2D eigenvalue weighted by atomic mass is 9.78. The number of ether oxygens (including phenoxy) is 1. The van der Waals surface area contributed by atoms with Crippen LogP contribution in [-0.4, -0.2) is 37.2 Å². The average Bonchev–Trinajstić information content (AvgIpc) is 2.84. The van der Waals surface area contributed by atoms with E-state index in [-0.39, 0.29) is 29.4 Å². The normalized spacial score (nSPS) is 21.6. The Morgan fingerprint density at radius 1 is 1.32 bits per heavy atom. The first-order valence-corrected chi connectivity index (χ1v) is 9.62. The summed E-state index contributed by atoms with van der Waals surface area (Å²) in [5.74, 6) is 1.36. The highest BCUT2D eigenvalue weighted by molar-refractivity contribution is 14.0. The Labute approximate surface area is 173 Å². The summed E-state index contributed by atoms with van der Waals surface area (Å²) in [4.78, 5) is 10.1. The fourth-order valence-corrected chi connectivity index (χ4v) is 4.24. The first-order valence-electron chi connectivity index (χ1n) is 8.80. The van der Waals surface area contributed by atoms with E-state index in [2.05, 4.69) is 48.3 Å². The van der Waals surface area contributed by atoms with Crippen molar-refractivity contribution in [2.75, 3.05) is 20.2 Å². The van der Waals surface area contributed by atoms with E-state index in [0.29, 0.717) is 12.0 Å². The van der Waals surface area contributed by atoms with E-state index in [1.807, 2.05) is 14.0 Å². The smallest absolute Gasteiger partial charge is 0.191 e. The second kappa shape index (κ2) is 10.1. The van der Waals surface area contributed by atoms with Crippen LogP contribution in [-0.2, 0) is 11.3 Å². The van der Waals surface area contributed by atoms with E-state index in [1.165, 1.54) is 11.3 Å². The van der Waals surface area contributed by atoms with Crippen LogP contribution in [0.4, 0.5) is 0 Å². The third kappa shape index (κ3) is 6.67. The molecule has 0 aromatic carbocycles. The molecule has 7 heteroatoms. The van der Waals surface area contributed by atoms with Crippen LogP contribution < -0.4 is 10.6 Å². The maximum atomic E-state index is 6.06. The van der Waals surface area contributed by atoms with Crippen molar-refractivity contribution in [1.29, 1.82) is 0 Å². The Bertz CT molecular complexity index is 568. The maximum absolute atomic E-state index is 6.06. The van der Waals surface area contributed by atoms with E-state index in [0.717, 1.165) is 42.8 Å². The van der Waals surface area contributed by atoms with Crippen molar-refractivity contribution in [2.45, 2.75) is 60.1 Å². The Kier molecular flexibility index (Phi) is 9.11. The van der Waals surface area contributed by atoms with Crippen molar-refractivity contribution in [1.82, 2.24) is 15.6 Å². The number of aromatic nitrogens is 1. The number of hydrogen-bond donors (Lipinski definition) is 2. The summed E-state index contributed by atoms with van der Waals surface area (Å²) in [6.45, 7) is 13.4. The van der Waals surface area contributed by atoms with Crippen molar-refractivity contribution in [2.24, 2.45) is 16.3 Å². The second-order valence-corrected chi connectivity index (χ2v) is 8.90. The van der Waals surface area contributed by atoms with E-state index >= 15 is 0 Å². The molecule has 0 spiro atoms. The van der Waals surface area contributed by atoms with Gasteiger partial charge >= 0.3 is 0 Å². The number of guanidine groups is 1. The molecule has 0 radical (unpaired) electrons. The minimum atomic E-state index is 0. The number of hydrogen-bond acceptors (Lipinski definition) is 4. The fraction of sp³-hybridized carbons (Fsp3) is 0.778. The molecule has 0 bridgehead atoms. The van der Waals surface area contributed by atoms with Crippen molar-refractivity contribution in [3.63, 3.8) is 0 Å². The van der Waals surface area contributed by atoms with Crippen molar-refractivity contribution in [3.05, 3.63) is 15.6 Å². The molecule has 1 saturated heterocycles. The third-order valence-corrected chi connectivity index (χ3v) is 5.54. The van der Waals surface area contributed by atoms with Gasteiger partial charge in [-0.15, -0.1) is 35.3 Å². The van der Waals surface area contributed by atoms with Gasteiger partial charge in [-0.3, -0.25) is 4.99 Å². The van der Waals surface area contributed by atoms with Gasteiger partial charge in [0.05, 0.1) is 23.4 Å². The zero-order valence-corrected chi connectivity index (χ0v) is 19.5. The van der Waals surface area contributed by atoms with Gasteiger partial charge in [0.2, 0.25) is 0 Å². The molecule has 0 aliphatic carbocycles. The average molecular weight is 480 g/mol. The molecule has 2 heterocycles. The zero-order chi connectivity index (χ0) is 17.7. The second-order valence-electron chi connectivity index (χ2n) is 7.61. The molecule has 144 valence electrons. The molecule has 1 aromatic heterocycles. The van der Waals surface area contributed by atoms with Gasteiger partial charge in [-0.05, 0) is 32.1 Å². The number of aryl methyl sites for hydroxylation is 2. The van der Waals surface area contributed by atoms with Crippen LogP contribution in [0.5, 0.6) is 0 Å². The highest BCUT2D eigenvalue weighted by Crippen LogP contribution is 2.33. The molecule has 5 nitrogen and oxygen atoms in total. The van der Waals surface area contributed by atoms with Gasteiger partial charge in [0.1, 0.15) is 0 Å². The summed E-state index contributed by atoms with van der Waals surface area (Å²) in [6.07, 6.45) is 2.65. The van der Waals surface area contributed by atoms with Gasteiger partial charge in [-0.1, -0.05) is 20.8 Å². The molecule has 0 saturated carbocycles. The number of thiazole rings is 1. The summed E-state index contributed by atoms with van der Waals surface area (Å²) in [5.41, 5.74) is 1.27. The summed E-state index contributed by atoms with van der Waals surface area (Å²) in [7, 11) is 1.82. The lowest BCUT2D eigenvalue weighted by molar-refractivity contribution is -0.0835. The van der Waals surface area contributed by atoms with Crippen LogP contribution in [0.15, 0.2) is 4.99 Å². The standard InChI is InChI=1S/C18H32N4OS.HI/c1-12-15(24-13(2)22-12)11-21-17(19-6)20-10-14-8-7-9-23-16(14)18(3,4)5;/h14,16H,7-11H2,1-6H3,(H2,19,20,21);1H. The van der Waals surface area contributed by atoms with Crippen LogP contribution in [0.3, 0.4) is 0 Å². The Morgan fingerprint density at radius 3 is 2.60 bits per heavy atom. The molecule has 2 unspecified atom stereocenters. The zero-order valence-electron chi connectivity index (χ0n) is 16.3. The molecule has 2 atom stereocenters. The van der Waals surface area contributed by atoms with E-state index < -0.39 is 0 Å². The number of rotatable bonds is 4. The molecule has 1 aliphatic rings. The topological polar surface area (TPSA) is 58.5 Å². The molecular formula is C18H33IN4OS. The van der Waals surface area contributed by atoms with Crippen LogP contribution in [0.1, 0.15) is 49.2 Å². The molecule has 2 rings (SSSR count). The predicted molar refractivity (Wildman–Crippen MR) is 117 cm³/mol. The third-order valence-electron chi connectivity index (χ3n) is 4.47. The van der Waals surface area contributed by atoms with Crippen LogP contribution >= 0.6 is 35.3 Å². The lowest BCUT2D eigenvalue weighted by Crippen LogP contribution is -2.47. The number of nitrogens with zero attached hydrogens (tertiary/aromatic N) is 2. The first kappa shape index (κ1) is 22.6. The quantitative estimate of drug-likeness (QED) is 0.390. The number of aliphatic imine (C=N–C) groups is 1. The van der Waals surface area contributed by atoms with Gasteiger partial charge in [0, 0.05) is 31.0 Å². The molecular weight excluding hydrogens is 447 g/mol. The summed E-state index contributed by atoms with van der Waals surface area (Å²) in [6, 6.07) is 0. The molecule has 1 aromatic rings. The minimum absolute atomic E-state index is 0. The first-order chi connectivity index (χ1) is 11.3. The number of halogens is 1. The molecule has 25 heavy (non-hydrogen) atoms. The maximum Gasteiger partial charge on any atom is 0.191 e. The van der Waals surface area contributed by atoms with Gasteiger partial charge < -0.3 is 15.4 Å². The SMILES string of the molecule is CN=C(NCc1sc(C)nc1C)NCC1CCCOC1C(C)(C)C.I. The fourth-order valence-electron chi connectivity index (χ4n) is 3.36. The molecule has 1 aliphatic heterocycles. The van der Waals surface area contributed by atoms with E-state index in [4.69, 9.17) is 4.74 Å². The Morgan fingerprint density at radius 2 is 2.04 bits per heavy atom. The van der Waals surface area contributed by atoms with Crippen molar-refractivity contribution >= 4 is 41.3 Å². The molecule has 0 amide bonds. The predicted octanol–water partition coefficient (Wildman–Crippen LogP) is 3.88. The Hall–Kier alpha value is -0.410. The largest absolute Gasteiger partial charge is 0.377 e. The van der Waals surface area contributed by atoms with Gasteiger partial charge in [0.15, 0.2) is 5.96 Å². The van der Waals surface area contributed by atoms with Crippen LogP contribution in [0.2, 0.25) is 0 Å². The lowest BCUT2D eigenvalue weighted by Gasteiger charge is -2.40. The van der Waals surface area contributed by atoms with Crippen molar-refractivity contribution < 1.29 is 4.74 Å². The van der Waals surface area contributed by atoms with Gasteiger partial charge in [-0.2, -0.15) is 0 Å². The van der Waals surface area contributed by atoms with Crippen LogP contribution in [0, 0.1) is 25.2 Å². The monoisotopic (exact) mass is 480 g/mol. The molecule has 1 fully saturated rings. The summed E-state index contributed by atoms with van der Waals surface area (Å²) in [5, 5.41) is 7.99. The van der Waals surface area contributed by atoms with Gasteiger partial charge in [-0.25, -0.2) is 4.98 Å². The van der Waals surface area contributed by atoms with E-state index in [9.17, 15) is 0 Å². The summed E-state index contributed by atoms with van der Waals surface area (Å²) < 4.78 is 6.06. The van der Waals surface area contributed by atoms with Gasteiger partial charge in [0.25, 0.3) is 0 Å². The van der Waals surface area contributed by atoms with E-state index in [1.54, 1.807) is 11.3 Å². The minimum Gasteiger partial charge on any atom is -0.377 e. The highest BCUT2D eigenvalue weighted by atomic mass is 127.